The van der Waals surface area contributed by atoms with Crippen LogP contribution in [0.15, 0.2) is 30.3 Å². The Labute approximate surface area is 119 Å². The van der Waals surface area contributed by atoms with Gasteiger partial charge in [0, 0.05) is 0 Å². The average Bonchev–Trinajstić information content (AvgIpc) is 2.37. The molecule has 0 aromatic heterocycles. The Hall–Kier alpha value is -1.00. The summed E-state index contributed by atoms with van der Waals surface area (Å²) in [5.41, 5.74) is 1.17. The molecule has 0 aliphatic rings. The Kier molecular flexibility index (Phi) is 6.83. The van der Waals surface area contributed by atoms with Crippen molar-refractivity contribution in [2.75, 3.05) is 13.2 Å². The normalized spacial score (nSPS) is 10.2. The van der Waals surface area contributed by atoms with Crippen molar-refractivity contribution < 1.29 is 9.47 Å². The monoisotopic (exact) mass is 282 g/mol. The summed E-state index contributed by atoms with van der Waals surface area (Å²) in [6.07, 6.45) is 0.721. The molecule has 1 rings (SSSR count). The summed E-state index contributed by atoms with van der Waals surface area (Å²) in [5.74, 6) is -0.141. The Morgan fingerprint density at radius 1 is 1.00 bits per heavy atom. The minimum atomic E-state index is -0.141. The van der Waals surface area contributed by atoms with Crippen LogP contribution in [0.25, 0.3) is 0 Å². The van der Waals surface area contributed by atoms with Gasteiger partial charge in [-0.15, -0.1) is 0 Å². The van der Waals surface area contributed by atoms with Crippen LogP contribution in [-0.4, -0.2) is 23.3 Å². The lowest BCUT2D eigenvalue weighted by atomic mass is 10.0. The predicted molar refractivity (Wildman–Crippen MR) is 82.1 cm³/mol. The first kappa shape index (κ1) is 15.1. The third-order valence-corrected chi connectivity index (χ3v) is 3.23. The number of thiocarbonyl (C=S) groups is 2. The minimum Gasteiger partial charge on any atom is -0.487 e. The summed E-state index contributed by atoms with van der Waals surface area (Å²) in [6, 6.07) is 10.1. The van der Waals surface area contributed by atoms with Gasteiger partial charge in [-0.3, -0.25) is 0 Å². The van der Waals surface area contributed by atoms with Gasteiger partial charge >= 0.3 is 0 Å². The minimum absolute atomic E-state index is 0.141. The summed E-state index contributed by atoms with van der Waals surface area (Å²) in [4.78, 5) is 0. The summed E-state index contributed by atoms with van der Waals surface area (Å²) < 4.78 is 10.8. The Morgan fingerprint density at radius 3 is 1.94 bits per heavy atom. The van der Waals surface area contributed by atoms with Crippen LogP contribution in [0.4, 0.5) is 0 Å². The lowest BCUT2D eigenvalue weighted by Crippen LogP contribution is -2.27. The highest BCUT2D eigenvalue weighted by atomic mass is 32.1. The Morgan fingerprint density at radius 2 is 1.50 bits per heavy atom. The maximum Gasteiger partial charge on any atom is 0.171 e. The molecule has 18 heavy (non-hydrogen) atoms. The van der Waals surface area contributed by atoms with Crippen LogP contribution < -0.4 is 0 Å². The Balaban J connectivity index is 2.77. The van der Waals surface area contributed by atoms with E-state index >= 15 is 0 Å². The number of benzene rings is 1. The second-order valence-electron chi connectivity index (χ2n) is 3.75. The van der Waals surface area contributed by atoms with E-state index in [-0.39, 0.29) is 5.92 Å². The highest BCUT2D eigenvalue weighted by molar-refractivity contribution is 7.81. The van der Waals surface area contributed by atoms with Crippen molar-refractivity contribution in [3.63, 3.8) is 0 Å². The first-order valence-corrected chi connectivity index (χ1v) is 6.87. The van der Waals surface area contributed by atoms with Crippen LogP contribution in [0.5, 0.6) is 0 Å². The van der Waals surface area contributed by atoms with E-state index in [4.69, 9.17) is 33.9 Å². The van der Waals surface area contributed by atoms with Gasteiger partial charge < -0.3 is 9.47 Å². The van der Waals surface area contributed by atoms with Gasteiger partial charge in [-0.05, 0) is 50.3 Å². The quantitative estimate of drug-likeness (QED) is 0.742. The van der Waals surface area contributed by atoms with Gasteiger partial charge in [0.05, 0.1) is 19.1 Å². The molecule has 0 aliphatic carbocycles. The molecular formula is C14H18O2S2. The molecule has 0 saturated carbocycles. The van der Waals surface area contributed by atoms with Crippen LogP contribution in [0, 0.1) is 5.92 Å². The van der Waals surface area contributed by atoms with Crippen LogP contribution in [-0.2, 0) is 15.9 Å². The van der Waals surface area contributed by atoms with Gasteiger partial charge in [0.15, 0.2) is 10.1 Å². The van der Waals surface area contributed by atoms with Crippen molar-refractivity contribution in [2.24, 2.45) is 5.92 Å². The maximum absolute atomic E-state index is 5.41. The van der Waals surface area contributed by atoms with Crippen LogP contribution in [0.1, 0.15) is 19.4 Å². The van der Waals surface area contributed by atoms with Crippen molar-refractivity contribution in [3.05, 3.63) is 35.9 Å². The smallest absolute Gasteiger partial charge is 0.171 e. The Bertz CT molecular complexity index is 372. The summed E-state index contributed by atoms with van der Waals surface area (Å²) >= 11 is 10.5. The molecule has 0 aliphatic heterocycles. The van der Waals surface area contributed by atoms with Crippen molar-refractivity contribution >= 4 is 34.5 Å². The van der Waals surface area contributed by atoms with Gasteiger partial charge in [0.25, 0.3) is 0 Å². The predicted octanol–water partition coefficient (Wildman–Crippen LogP) is 3.57. The van der Waals surface area contributed by atoms with E-state index in [0.29, 0.717) is 23.3 Å². The molecule has 0 amide bonds. The van der Waals surface area contributed by atoms with Crippen LogP contribution in [0.2, 0.25) is 0 Å². The average molecular weight is 282 g/mol. The van der Waals surface area contributed by atoms with E-state index in [9.17, 15) is 0 Å². The molecule has 0 atom stereocenters. The van der Waals surface area contributed by atoms with Crippen LogP contribution >= 0.6 is 24.4 Å². The summed E-state index contributed by atoms with van der Waals surface area (Å²) in [6.45, 7) is 4.93. The zero-order valence-electron chi connectivity index (χ0n) is 10.7. The van der Waals surface area contributed by atoms with Crippen molar-refractivity contribution in [1.29, 1.82) is 0 Å². The lowest BCUT2D eigenvalue weighted by Gasteiger charge is -2.19. The topological polar surface area (TPSA) is 18.5 Å². The number of rotatable bonds is 6. The standard InChI is InChI=1S/C14H18O2S2/c1-3-15-13(17)12(14(18)16-4-2)10-11-8-6-5-7-9-11/h5-9,12H,3-4,10H2,1-2H3. The van der Waals surface area contributed by atoms with Gasteiger partial charge in [0.2, 0.25) is 0 Å². The fraction of sp³-hybridized carbons (Fsp3) is 0.429. The van der Waals surface area contributed by atoms with Gasteiger partial charge in [0.1, 0.15) is 0 Å². The molecule has 98 valence electrons. The van der Waals surface area contributed by atoms with Crippen molar-refractivity contribution in [1.82, 2.24) is 0 Å². The zero-order valence-corrected chi connectivity index (χ0v) is 12.4. The molecule has 0 radical (unpaired) electrons. The van der Waals surface area contributed by atoms with Crippen molar-refractivity contribution in [2.45, 2.75) is 20.3 Å². The fourth-order valence-electron chi connectivity index (χ4n) is 1.60. The molecule has 1 aromatic rings. The summed E-state index contributed by atoms with van der Waals surface area (Å²) in [5, 5.41) is 1.03. The van der Waals surface area contributed by atoms with Gasteiger partial charge in [-0.25, -0.2) is 0 Å². The number of ether oxygens (including phenoxy) is 2. The molecule has 2 nitrogen and oxygen atoms in total. The number of hydrogen-bond donors (Lipinski definition) is 0. The molecule has 0 unspecified atom stereocenters. The van der Waals surface area contributed by atoms with Gasteiger partial charge in [-0.2, -0.15) is 0 Å². The van der Waals surface area contributed by atoms with Crippen molar-refractivity contribution in [3.8, 4) is 0 Å². The van der Waals surface area contributed by atoms with E-state index in [0.717, 1.165) is 6.42 Å². The second kappa shape index (κ2) is 8.16. The molecule has 0 saturated heterocycles. The van der Waals surface area contributed by atoms with E-state index < -0.39 is 0 Å². The number of hydrogen-bond acceptors (Lipinski definition) is 4. The second-order valence-corrected chi connectivity index (χ2v) is 4.55. The van der Waals surface area contributed by atoms with Crippen LogP contribution in [0.3, 0.4) is 0 Å². The highest BCUT2D eigenvalue weighted by Crippen LogP contribution is 2.15. The maximum atomic E-state index is 5.41. The molecular weight excluding hydrogens is 264 g/mol. The third kappa shape index (κ3) is 4.70. The zero-order chi connectivity index (χ0) is 13.4. The lowest BCUT2D eigenvalue weighted by molar-refractivity contribution is 0.293. The highest BCUT2D eigenvalue weighted by Gasteiger charge is 2.22. The molecule has 1 aromatic carbocycles. The molecule has 0 N–H and O–H groups in total. The van der Waals surface area contributed by atoms with E-state index in [1.165, 1.54) is 5.56 Å². The summed E-state index contributed by atoms with van der Waals surface area (Å²) in [7, 11) is 0. The first-order chi connectivity index (χ1) is 8.69. The van der Waals surface area contributed by atoms with E-state index in [1.807, 2.05) is 32.0 Å². The molecule has 0 spiro atoms. The van der Waals surface area contributed by atoms with E-state index in [1.54, 1.807) is 0 Å². The molecule has 4 heteroatoms. The van der Waals surface area contributed by atoms with Gasteiger partial charge in [-0.1, -0.05) is 30.3 Å². The molecule has 0 bridgehead atoms. The fourth-order valence-corrected chi connectivity index (χ4v) is 2.29. The first-order valence-electron chi connectivity index (χ1n) is 6.06. The largest absolute Gasteiger partial charge is 0.487 e. The molecule has 0 fully saturated rings. The third-order valence-electron chi connectivity index (χ3n) is 2.42. The van der Waals surface area contributed by atoms with E-state index in [2.05, 4.69) is 12.1 Å². The molecule has 0 heterocycles. The SMILES string of the molecule is CCOC(=S)C(Cc1ccccc1)C(=S)OCC.